The molecule has 0 aromatic heterocycles. The normalized spacial score (nSPS) is 15.1. The minimum atomic E-state index is -3.83. The van der Waals surface area contributed by atoms with Crippen LogP contribution in [0.15, 0.2) is 23.1 Å². The van der Waals surface area contributed by atoms with Gasteiger partial charge in [-0.15, -0.1) is 0 Å². The molecule has 1 aliphatic rings. The average Bonchev–Trinajstić information content (AvgIpc) is 2.79. The third kappa shape index (κ3) is 5.33. The van der Waals surface area contributed by atoms with Gasteiger partial charge in [0.25, 0.3) is 0 Å². The van der Waals surface area contributed by atoms with Crippen LogP contribution in [0, 0.1) is 0 Å². The molecule has 0 aliphatic carbocycles. The van der Waals surface area contributed by atoms with Crippen LogP contribution in [0.4, 0.5) is 0 Å². The largest absolute Gasteiger partial charge is 0.490 e. The number of carboxylic acids is 1. The lowest BCUT2D eigenvalue weighted by atomic mass is 10.3. The molecule has 0 bridgehead atoms. The number of benzene rings is 1. The van der Waals surface area contributed by atoms with Gasteiger partial charge in [-0.2, -0.15) is 0 Å². The second kappa shape index (κ2) is 8.17. The first-order valence-corrected chi connectivity index (χ1v) is 9.19. The SMILES string of the molecule is C[C@H](NC(=O)CCNS(=O)(=O)c1ccc2c(c1)OCCCO2)C(=O)O. The lowest BCUT2D eigenvalue weighted by Gasteiger charge is -2.11. The van der Waals surface area contributed by atoms with Gasteiger partial charge in [-0.1, -0.05) is 0 Å². The maximum atomic E-state index is 12.3. The summed E-state index contributed by atoms with van der Waals surface area (Å²) < 4.78 is 37.8. The molecule has 1 amide bonds. The molecule has 1 atom stereocenters. The van der Waals surface area contributed by atoms with Crippen molar-refractivity contribution in [3.05, 3.63) is 18.2 Å². The molecule has 1 heterocycles. The molecule has 0 saturated carbocycles. The van der Waals surface area contributed by atoms with Gasteiger partial charge in [-0.05, 0) is 19.1 Å². The molecule has 0 spiro atoms. The molecule has 10 heteroatoms. The van der Waals surface area contributed by atoms with Gasteiger partial charge in [-0.25, -0.2) is 13.1 Å². The van der Waals surface area contributed by atoms with E-state index in [4.69, 9.17) is 14.6 Å². The zero-order chi connectivity index (χ0) is 18.4. The highest BCUT2D eigenvalue weighted by atomic mass is 32.2. The van der Waals surface area contributed by atoms with Gasteiger partial charge in [0.1, 0.15) is 6.04 Å². The zero-order valence-corrected chi connectivity index (χ0v) is 14.5. The van der Waals surface area contributed by atoms with Crippen LogP contribution in [0.25, 0.3) is 0 Å². The molecule has 3 N–H and O–H groups in total. The number of carbonyl (C=O) groups is 2. The Morgan fingerprint density at radius 3 is 2.60 bits per heavy atom. The number of hydrogen-bond acceptors (Lipinski definition) is 6. The van der Waals surface area contributed by atoms with Crippen molar-refractivity contribution in [3.8, 4) is 11.5 Å². The van der Waals surface area contributed by atoms with Crippen molar-refractivity contribution in [3.63, 3.8) is 0 Å². The minimum Gasteiger partial charge on any atom is -0.490 e. The second-order valence-electron chi connectivity index (χ2n) is 5.43. The van der Waals surface area contributed by atoms with Gasteiger partial charge in [0.2, 0.25) is 15.9 Å². The maximum absolute atomic E-state index is 12.3. The number of carboxylic acid groups (broad SMARTS) is 1. The first kappa shape index (κ1) is 19.0. The van der Waals surface area contributed by atoms with E-state index in [9.17, 15) is 18.0 Å². The minimum absolute atomic E-state index is 0.00365. The Morgan fingerprint density at radius 2 is 1.92 bits per heavy atom. The molecule has 1 aliphatic heterocycles. The molecule has 0 fully saturated rings. The van der Waals surface area contributed by atoms with Crippen LogP contribution < -0.4 is 19.5 Å². The number of amides is 1. The van der Waals surface area contributed by atoms with E-state index in [0.29, 0.717) is 31.1 Å². The summed E-state index contributed by atoms with van der Waals surface area (Å²) in [6.45, 7) is 2.10. The quantitative estimate of drug-likeness (QED) is 0.619. The average molecular weight is 372 g/mol. The summed E-state index contributed by atoms with van der Waals surface area (Å²) in [5, 5.41) is 10.9. The third-order valence-corrected chi connectivity index (χ3v) is 4.88. The molecule has 25 heavy (non-hydrogen) atoms. The first-order valence-electron chi connectivity index (χ1n) is 7.71. The highest BCUT2D eigenvalue weighted by Crippen LogP contribution is 2.31. The number of sulfonamides is 1. The van der Waals surface area contributed by atoms with E-state index in [1.165, 1.54) is 25.1 Å². The van der Waals surface area contributed by atoms with Crippen LogP contribution >= 0.6 is 0 Å². The van der Waals surface area contributed by atoms with Gasteiger partial charge in [0, 0.05) is 25.5 Å². The summed E-state index contributed by atoms with van der Waals surface area (Å²) in [6, 6.07) is 3.25. The molecule has 1 aromatic rings. The molecule has 0 saturated heterocycles. The fourth-order valence-electron chi connectivity index (χ4n) is 2.07. The summed E-state index contributed by atoms with van der Waals surface area (Å²) in [5.74, 6) is -0.885. The Kier molecular flexibility index (Phi) is 6.21. The van der Waals surface area contributed by atoms with Gasteiger partial charge < -0.3 is 19.9 Å². The molecule has 0 unspecified atom stereocenters. The van der Waals surface area contributed by atoms with E-state index in [1.54, 1.807) is 0 Å². The monoisotopic (exact) mass is 372 g/mol. The summed E-state index contributed by atoms with van der Waals surface area (Å²) in [6.07, 6.45) is 0.528. The summed E-state index contributed by atoms with van der Waals surface area (Å²) >= 11 is 0. The molecule has 9 nitrogen and oxygen atoms in total. The maximum Gasteiger partial charge on any atom is 0.325 e. The van der Waals surface area contributed by atoms with E-state index in [-0.39, 0.29) is 17.9 Å². The Bertz CT molecular complexity index is 748. The van der Waals surface area contributed by atoms with Crippen LogP contribution in [-0.2, 0) is 19.6 Å². The predicted molar refractivity (Wildman–Crippen MR) is 87.1 cm³/mol. The Hall–Kier alpha value is -2.33. The molecular formula is C15H20N2O7S. The van der Waals surface area contributed by atoms with Crippen molar-refractivity contribution >= 4 is 21.9 Å². The third-order valence-electron chi connectivity index (χ3n) is 3.42. The zero-order valence-electron chi connectivity index (χ0n) is 13.6. The number of ether oxygens (including phenoxy) is 2. The van der Waals surface area contributed by atoms with Gasteiger partial charge in [-0.3, -0.25) is 9.59 Å². The highest BCUT2D eigenvalue weighted by Gasteiger charge is 2.19. The van der Waals surface area contributed by atoms with E-state index < -0.39 is 27.9 Å². The van der Waals surface area contributed by atoms with Crippen LogP contribution in [0.3, 0.4) is 0 Å². The summed E-state index contributed by atoms with van der Waals surface area (Å²) in [5.41, 5.74) is 0. The molecular weight excluding hydrogens is 352 g/mol. The number of fused-ring (bicyclic) bond motifs is 1. The van der Waals surface area contributed by atoms with Gasteiger partial charge in [0.15, 0.2) is 11.5 Å². The van der Waals surface area contributed by atoms with Gasteiger partial charge in [0.05, 0.1) is 18.1 Å². The summed E-state index contributed by atoms with van der Waals surface area (Å²) in [7, 11) is -3.83. The smallest absolute Gasteiger partial charge is 0.325 e. The van der Waals surface area contributed by atoms with Crippen LogP contribution in [0.5, 0.6) is 11.5 Å². The summed E-state index contributed by atoms with van der Waals surface area (Å²) in [4.78, 5) is 22.2. The fourth-order valence-corrected chi connectivity index (χ4v) is 3.12. The van der Waals surface area contributed by atoms with Crippen molar-refractivity contribution in [2.24, 2.45) is 0 Å². The molecule has 138 valence electrons. The van der Waals surface area contributed by atoms with E-state index in [0.717, 1.165) is 0 Å². The lowest BCUT2D eigenvalue weighted by molar-refractivity contribution is -0.141. The van der Waals surface area contributed by atoms with E-state index >= 15 is 0 Å². The number of rotatable bonds is 7. The van der Waals surface area contributed by atoms with Crippen molar-refractivity contribution in [2.45, 2.75) is 30.7 Å². The number of aliphatic carboxylic acids is 1. The van der Waals surface area contributed by atoms with Crippen molar-refractivity contribution in [1.82, 2.24) is 10.0 Å². The highest BCUT2D eigenvalue weighted by molar-refractivity contribution is 7.89. The number of hydrogen-bond donors (Lipinski definition) is 3. The number of nitrogens with one attached hydrogen (secondary N) is 2. The topological polar surface area (TPSA) is 131 Å². The first-order chi connectivity index (χ1) is 11.8. The fraction of sp³-hybridized carbons (Fsp3) is 0.467. The Labute approximate surface area is 145 Å². The Morgan fingerprint density at radius 1 is 1.24 bits per heavy atom. The standard InChI is InChI=1S/C15H20N2O7S/c1-10(15(19)20)17-14(18)5-6-16-25(21,22)11-3-4-12-13(9-11)24-8-2-7-23-12/h3-4,9-10,16H,2,5-8H2,1H3,(H,17,18)(H,19,20)/t10-/m0/s1. The molecule has 1 aromatic carbocycles. The predicted octanol–water partition coefficient (Wildman–Crippen LogP) is 0.106. The van der Waals surface area contributed by atoms with Crippen molar-refractivity contribution in [2.75, 3.05) is 19.8 Å². The van der Waals surface area contributed by atoms with Crippen molar-refractivity contribution in [1.29, 1.82) is 0 Å². The number of carbonyl (C=O) groups excluding carboxylic acids is 1. The van der Waals surface area contributed by atoms with Crippen LogP contribution in [0.1, 0.15) is 19.8 Å². The molecule has 2 rings (SSSR count). The van der Waals surface area contributed by atoms with E-state index in [1.807, 2.05) is 0 Å². The molecule has 0 radical (unpaired) electrons. The van der Waals surface area contributed by atoms with Crippen LogP contribution in [-0.4, -0.2) is 51.2 Å². The van der Waals surface area contributed by atoms with Crippen LogP contribution in [0.2, 0.25) is 0 Å². The second-order valence-corrected chi connectivity index (χ2v) is 7.20. The Balaban J connectivity index is 1.94. The van der Waals surface area contributed by atoms with Crippen molar-refractivity contribution < 1.29 is 32.6 Å². The van der Waals surface area contributed by atoms with Gasteiger partial charge >= 0.3 is 5.97 Å². The lowest BCUT2D eigenvalue weighted by Crippen LogP contribution is -2.39. The van der Waals surface area contributed by atoms with E-state index in [2.05, 4.69) is 10.0 Å².